The van der Waals surface area contributed by atoms with Crippen LogP contribution < -0.4 is 0 Å². The molecule has 0 aliphatic rings. The van der Waals surface area contributed by atoms with Crippen LogP contribution in [0.5, 0.6) is 0 Å². The summed E-state index contributed by atoms with van der Waals surface area (Å²) in [6.07, 6.45) is 20.2. The molecule has 0 aromatic heterocycles. The number of hydrogen-bond donors (Lipinski definition) is 0. The predicted molar refractivity (Wildman–Crippen MR) is 470 cm³/mol. The Kier molecular flexibility index (Phi) is 63.7. The number of unbranched alkanes of at least 4 members (excludes halogenated alkanes) is 4. The van der Waals surface area contributed by atoms with Crippen LogP contribution in [0.15, 0.2) is 255 Å². The second-order valence-electron chi connectivity index (χ2n) is 24.9. The minimum absolute atomic E-state index is 0.844. The molecule has 10 aromatic rings. The van der Waals surface area contributed by atoms with Gasteiger partial charge in [0.25, 0.3) is 0 Å². The molecule has 0 unspecified atom stereocenters. The molecule has 0 fully saturated rings. The van der Waals surface area contributed by atoms with Gasteiger partial charge in [-0.25, -0.2) is 0 Å². The highest BCUT2D eigenvalue weighted by Gasteiger charge is 1.99. The van der Waals surface area contributed by atoms with E-state index in [1.165, 1.54) is 149 Å². The lowest BCUT2D eigenvalue weighted by atomic mass is 10.0. The molecule has 1 nitrogen and oxygen atoms in total. The van der Waals surface area contributed by atoms with Crippen molar-refractivity contribution in [2.75, 3.05) is 13.2 Å². The van der Waals surface area contributed by atoms with E-state index in [0.29, 0.717) is 0 Å². The van der Waals surface area contributed by atoms with Gasteiger partial charge >= 0.3 is 0 Å². The summed E-state index contributed by atoms with van der Waals surface area (Å²) in [7, 11) is 0. The Balaban J connectivity index is -0.00000108. The first-order chi connectivity index (χ1) is 49.5. The van der Waals surface area contributed by atoms with Crippen molar-refractivity contribution in [3.05, 3.63) is 322 Å². The van der Waals surface area contributed by atoms with Crippen molar-refractivity contribution >= 4 is 21.5 Å². The van der Waals surface area contributed by atoms with E-state index in [1.54, 1.807) is 13.8 Å². The number of allylic oxidation sites excluding steroid dienone is 6. The van der Waals surface area contributed by atoms with Crippen LogP contribution in [-0.2, 0) is 4.74 Å². The smallest absolute Gasteiger partial charge is 0.0437 e. The molecule has 0 aliphatic heterocycles. The van der Waals surface area contributed by atoms with Crippen LogP contribution in [0.1, 0.15) is 202 Å². The minimum atomic E-state index is 0.844. The number of fused-ring (bicyclic) bond motifs is 2. The normalized spacial score (nSPS) is 9.26. The topological polar surface area (TPSA) is 9.23 Å². The highest BCUT2D eigenvalue weighted by molar-refractivity contribution is 5.86. The molecule has 10 rings (SSSR count). The Labute approximate surface area is 633 Å². The van der Waals surface area contributed by atoms with Crippen molar-refractivity contribution in [2.45, 2.75) is 219 Å². The molecule has 0 N–H and O–H groups in total. The third kappa shape index (κ3) is 54.9. The zero-order chi connectivity index (χ0) is 77.9. The quantitative estimate of drug-likeness (QED) is 0.0606. The average molecular weight is 1380 g/mol. The molecule has 550 valence electrons. The Morgan fingerprint density at radius 3 is 0.845 bits per heavy atom. The molecule has 0 bridgehead atoms. The van der Waals surface area contributed by atoms with Gasteiger partial charge in [-0.05, 0) is 214 Å². The van der Waals surface area contributed by atoms with E-state index in [9.17, 15) is 0 Å². The fraction of sp³-hybridized carbons (Fsp3) is 0.333. The van der Waals surface area contributed by atoms with Crippen molar-refractivity contribution in [3.8, 4) is 57.8 Å². The molecule has 0 spiro atoms. The van der Waals surface area contributed by atoms with Gasteiger partial charge in [-0.15, -0.1) is 11.8 Å². The van der Waals surface area contributed by atoms with Crippen LogP contribution in [0.25, 0.3) is 43.8 Å². The van der Waals surface area contributed by atoms with Crippen LogP contribution in [0.2, 0.25) is 0 Å². The molecule has 0 saturated heterocycles. The summed E-state index contributed by atoms with van der Waals surface area (Å²) in [4.78, 5) is 0. The van der Waals surface area contributed by atoms with E-state index in [-0.39, 0.29) is 0 Å². The van der Waals surface area contributed by atoms with E-state index in [1.807, 2.05) is 91.8 Å². The average Bonchev–Trinajstić information content (AvgIpc) is 0.843. The van der Waals surface area contributed by atoms with E-state index >= 15 is 0 Å². The van der Waals surface area contributed by atoms with Crippen molar-refractivity contribution < 1.29 is 4.74 Å². The van der Waals surface area contributed by atoms with Crippen molar-refractivity contribution in [3.63, 3.8) is 0 Å². The molecule has 103 heavy (non-hydrogen) atoms. The summed E-state index contributed by atoms with van der Waals surface area (Å²) in [5.74, 6) is 15.8. The maximum atomic E-state index is 4.83. The van der Waals surface area contributed by atoms with Crippen LogP contribution in [0, 0.1) is 119 Å². The zero-order valence-electron chi connectivity index (χ0n) is 69.3. The Hall–Kier alpha value is -9.42. The number of aryl methyl sites for hydroxylation is 12. The molecule has 0 heterocycles. The van der Waals surface area contributed by atoms with Crippen LogP contribution in [0.3, 0.4) is 0 Å². The fourth-order valence-electron chi connectivity index (χ4n) is 8.61. The Morgan fingerprint density at radius 1 is 0.262 bits per heavy atom. The largest absolute Gasteiger partial charge is 0.382 e. The lowest BCUT2D eigenvalue weighted by Crippen LogP contribution is -1.84. The van der Waals surface area contributed by atoms with Gasteiger partial charge in [0, 0.05) is 13.2 Å². The van der Waals surface area contributed by atoms with Gasteiger partial charge < -0.3 is 4.74 Å². The molecular formula is C102H136O. The van der Waals surface area contributed by atoms with Crippen LogP contribution in [-0.4, -0.2) is 13.2 Å². The lowest BCUT2D eigenvalue weighted by molar-refractivity contribution is 0.162. The standard InChI is InChI=1S/2C14H14.2C12H12.2C8H10.C6H14.C6H10.C6H6.C4H10O.C4H10.C4H8.C4H6/c1-11-3-7-13(8-4-11)14-9-5-12(2)6-10-14;1-11-6-8-13(9-7-11)14-5-3-4-12(2)10-14;1-9-3-5-12-8-10(2)4-6-11(12)7-9;1-9-6-7-12-10(2)4-3-5-11(12)8-9;1-7-3-5-8(2)6-4-7;1-7-4-3-5-8(2)6-7;3*1-3-5-6-4-2;1-3-5-4-2;3*1-3-4-2/h2*3-10H,1-2H3;2*3-8H,1-2H3;2*3-6H,1-2H3;3-6H2,1-2H3;3-6H,1-2H3;1-2H3;3-4H2,1-2H3;3-4H2,1-2H3;3-4H,1-2H3;1-2H3/b;;;;;;;5-3+,6-4+;;;;4-3+;. The number of rotatable bonds is 9. The van der Waals surface area contributed by atoms with Gasteiger partial charge in [0.2, 0.25) is 0 Å². The minimum Gasteiger partial charge on any atom is -0.382 e. The molecule has 0 aliphatic carbocycles. The zero-order valence-corrected chi connectivity index (χ0v) is 69.3. The highest BCUT2D eigenvalue weighted by Crippen LogP contribution is 2.23. The fourth-order valence-corrected chi connectivity index (χ4v) is 8.61. The van der Waals surface area contributed by atoms with Gasteiger partial charge in [0.1, 0.15) is 0 Å². The van der Waals surface area contributed by atoms with Gasteiger partial charge in [0.05, 0.1) is 0 Å². The Bertz CT molecular complexity index is 3810. The molecule has 0 atom stereocenters. The molecule has 0 amide bonds. The second kappa shape index (κ2) is 67.1. The van der Waals surface area contributed by atoms with Crippen LogP contribution >= 0.6 is 0 Å². The second-order valence-corrected chi connectivity index (χ2v) is 24.9. The third-order valence-electron chi connectivity index (χ3n) is 14.9. The SMILES string of the molecule is C/C=C/C.C/C=C/C=C/C.CC#CC.CC#CC#CC.CCCC.CCCCCC.CCOCC.Cc1ccc(-c2ccc(C)cc2)cc1.Cc1ccc(-c2cccc(C)c2)cc1.Cc1ccc(C)cc1.Cc1ccc2c(C)cccc2c1.Cc1ccc2cc(C)ccc2c1.Cc1cccc(C)c1. The number of benzene rings is 10. The summed E-state index contributed by atoms with van der Waals surface area (Å²) < 4.78 is 4.83. The molecule has 0 radical (unpaired) electrons. The van der Waals surface area contributed by atoms with E-state index in [0.717, 1.165) is 13.2 Å². The first-order valence-corrected chi connectivity index (χ1v) is 37.3. The van der Waals surface area contributed by atoms with E-state index in [2.05, 4.69) is 365 Å². The first-order valence-electron chi connectivity index (χ1n) is 37.3. The molecule has 1 heteroatoms. The summed E-state index contributed by atoms with van der Waals surface area (Å²) in [5, 5.41) is 5.37. The van der Waals surface area contributed by atoms with E-state index in [4.69, 9.17) is 4.74 Å². The number of hydrogen-bond acceptors (Lipinski definition) is 1. The predicted octanol–water partition coefficient (Wildman–Crippen LogP) is 30.7. The lowest BCUT2D eigenvalue weighted by Gasteiger charge is -2.02. The summed E-state index contributed by atoms with van der Waals surface area (Å²) in [6, 6.07) is 77.5. The van der Waals surface area contributed by atoms with Gasteiger partial charge in [0.15, 0.2) is 0 Å². The molecule has 10 aromatic carbocycles. The molecular weight excluding hydrogens is 1240 g/mol. The van der Waals surface area contributed by atoms with Crippen molar-refractivity contribution in [1.29, 1.82) is 0 Å². The monoisotopic (exact) mass is 1380 g/mol. The first kappa shape index (κ1) is 97.8. The number of ether oxygens (including phenoxy) is 1. The van der Waals surface area contributed by atoms with Crippen molar-refractivity contribution in [2.24, 2.45) is 0 Å². The maximum absolute atomic E-state index is 4.83. The van der Waals surface area contributed by atoms with Gasteiger partial charge in [-0.2, -0.15) is 0 Å². The van der Waals surface area contributed by atoms with Crippen molar-refractivity contribution in [1.82, 2.24) is 0 Å². The maximum Gasteiger partial charge on any atom is 0.0437 e. The Morgan fingerprint density at radius 2 is 0.563 bits per heavy atom. The highest BCUT2D eigenvalue weighted by atomic mass is 16.5. The summed E-state index contributed by atoms with van der Waals surface area (Å²) in [6.45, 7) is 55.0. The van der Waals surface area contributed by atoms with Crippen LogP contribution in [0.4, 0.5) is 0 Å². The molecule has 0 saturated carbocycles. The summed E-state index contributed by atoms with van der Waals surface area (Å²) in [5.41, 5.74) is 21.1. The van der Waals surface area contributed by atoms with E-state index < -0.39 is 0 Å². The van der Waals surface area contributed by atoms with Gasteiger partial charge in [-0.1, -0.05) is 394 Å². The van der Waals surface area contributed by atoms with Gasteiger partial charge in [-0.3, -0.25) is 0 Å². The summed E-state index contributed by atoms with van der Waals surface area (Å²) >= 11 is 0. The third-order valence-corrected chi connectivity index (χ3v) is 14.9.